The summed E-state index contributed by atoms with van der Waals surface area (Å²) in [5.74, 6) is 0.471. The molecule has 0 aliphatic heterocycles. The van der Waals surface area contributed by atoms with Crippen molar-refractivity contribution >= 4 is 11.6 Å². The molecule has 1 aliphatic rings. The number of hydrogen-bond donors (Lipinski definition) is 1. The second kappa shape index (κ2) is 5.15. The molecule has 88 valence electrons. The van der Waals surface area contributed by atoms with Crippen LogP contribution in [0, 0.1) is 11.7 Å². The Kier molecular flexibility index (Phi) is 3.82. The van der Waals surface area contributed by atoms with Gasteiger partial charge in [-0.15, -0.1) is 0 Å². The van der Waals surface area contributed by atoms with Crippen LogP contribution in [-0.2, 0) is 0 Å². The summed E-state index contributed by atoms with van der Waals surface area (Å²) in [7, 11) is 1.88. The summed E-state index contributed by atoms with van der Waals surface area (Å²) >= 11 is 5.80. The third kappa shape index (κ3) is 2.38. The summed E-state index contributed by atoms with van der Waals surface area (Å²) in [5.41, 5.74) is 0.696. The first-order valence-corrected chi connectivity index (χ1v) is 6.21. The Balaban J connectivity index is 2.15. The molecule has 0 saturated heterocycles. The lowest BCUT2D eigenvalue weighted by Gasteiger charge is -2.30. The average Bonchev–Trinajstić information content (AvgIpc) is 2.22. The maximum atomic E-state index is 13.8. The van der Waals surface area contributed by atoms with E-state index in [1.165, 1.54) is 19.3 Å². The van der Waals surface area contributed by atoms with Crippen LogP contribution < -0.4 is 5.32 Å². The highest BCUT2D eigenvalue weighted by atomic mass is 35.5. The number of benzene rings is 1. The van der Waals surface area contributed by atoms with Crippen molar-refractivity contribution in [2.75, 3.05) is 7.05 Å². The quantitative estimate of drug-likeness (QED) is 0.842. The molecule has 0 aromatic heterocycles. The molecule has 0 bridgehead atoms. The summed E-state index contributed by atoms with van der Waals surface area (Å²) in [6.07, 6.45) is 4.88. The van der Waals surface area contributed by atoms with Gasteiger partial charge in [0, 0.05) is 11.6 Å². The standard InChI is InChI=1S/C13H17ClFN/c1-16-12(8-9-4-2-5-9)10-6-3-7-11(14)13(10)15/h3,6-7,9,12,16H,2,4-5,8H2,1H3. The third-order valence-electron chi connectivity index (χ3n) is 3.50. The van der Waals surface area contributed by atoms with E-state index in [1.807, 2.05) is 19.2 Å². The molecule has 1 fully saturated rings. The van der Waals surface area contributed by atoms with E-state index in [9.17, 15) is 4.39 Å². The van der Waals surface area contributed by atoms with Crippen molar-refractivity contribution in [2.24, 2.45) is 5.92 Å². The van der Waals surface area contributed by atoms with E-state index in [-0.39, 0.29) is 16.9 Å². The summed E-state index contributed by atoms with van der Waals surface area (Å²) < 4.78 is 13.8. The van der Waals surface area contributed by atoms with Gasteiger partial charge in [-0.1, -0.05) is 43.0 Å². The van der Waals surface area contributed by atoms with E-state index >= 15 is 0 Å². The van der Waals surface area contributed by atoms with E-state index in [1.54, 1.807) is 6.07 Å². The Morgan fingerprint density at radius 1 is 1.50 bits per heavy atom. The number of rotatable bonds is 4. The molecule has 3 heteroatoms. The van der Waals surface area contributed by atoms with Crippen LogP contribution >= 0.6 is 11.6 Å². The van der Waals surface area contributed by atoms with Gasteiger partial charge in [0.05, 0.1) is 5.02 Å². The summed E-state index contributed by atoms with van der Waals surface area (Å²) in [4.78, 5) is 0. The molecular formula is C13H17ClFN. The van der Waals surface area contributed by atoms with Crippen LogP contribution in [0.3, 0.4) is 0 Å². The first-order chi connectivity index (χ1) is 7.72. The molecule has 0 radical (unpaired) electrons. The molecule has 0 amide bonds. The van der Waals surface area contributed by atoms with Crippen molar-refractivity contribution in [1.82, 2.24) is 5.32 Å². The summed E-state index contributed by atoms with van der Waals surface area (Å²) in [6, 6.07) is 5.31. The van der Waals surface area contributed by atoms with Gasteiger partial charge in [-0.2, -0.15) is 0 Å². The predicted molar refractivity (Wildman–Crippen MR) is 65.2 cm³/mol. The van der Waals surface area contributed by atoms with Crippen LogP contribution in [0.4, 0.5) is 4.39 Å². The molecule has 2 rings (SSSR count). The minimum atomic E-state index is -0.275. The fourth-order valence-electron chi connectivity index (χ4n) is 2.25. The summed E-state index contributed by atoms with van der Waals surface area (Å²) in [5, 5.41) is 3.40. The molecule has 1 unspecified atom stereocenters. The van der Waals surface area contributed by atoms with Crippen LogP contribution in [0.5, 0.6) is 0 Å². The molecule has 1 saturated carbocycles. The van der Waals surface area contributed by atoms with Gasteiger partial charge in [-0.25, -0.2) is 4.39 Å². The van der Waals surface area contributed by atoms with Crippen LogP contribution in [0.2, 0.25) is 5.02 Å². The molecule has 0 heterocycles. The fraction of sp³-hybridized carbons (Fsp3) is 0.538. The minimum Gasteiger partial charge on any atom is -0.313 e. The zero-order valence-corrected chi connectivity index (χ0v) is 10.2. The van der Waals surface area contributed by atoms with Gasteiger partial charge in [0.1, 0.15) is 5.82 Å². The minimum absolute atomic E-state index is 0.0870. The zero-order valence-electron chi connectivity index (χ0n) is 9.47. The fourth-order valence-corrected chi connectivity index (χ4v) is 2.43. The highest BCUT2D eigenvalue weighted by molar-refractivity contribution is 6.30. The first kappa shape index (κ1) is 11.9. The van der Waals surface area contributed by atoms with Gasteiger partial charge in [0.25, 0.3) is 0 Å². The lowest BCUT2D eigenvalue weighted by atomic mass is 9.79. The number of halogens is 2. The molecule has 16 heavy (non-hydrogen) atoms. The van der Waals surface area contributed by atoms with Crippen molar-refractivity contribution < 1.29 is 4.39 Å². The lowest BCUT2D eigenvalue weighted by Crippen LogP contribution is -2.24. The van der Waals surface area contributed by atoms with Crippen molar-refractivity contribution in [1.29, 1.82) is 0 Å². The molecule has 1 N–H and O–H groups in total. The molecule has 0 spiro atoms. The van der Waals surface area contributed by atoms with E-state index in [0.29, 0.717) is 5.56 Å². The highest BCUT2D eigenvalue weighted by Crippen LogP contribution is 2.35. The normalized spacial score (nSPS) is 18.2. The van der Waals surface area contributed by atoms with Crippen LogP contribution in [0.25, 0.3) is 0 Å². The molecule has 1 atom stereocenters. The van der Waals surface area contributed by atoms with Crippen molar-refractivity contribution in [3.8, 4) is 0 Å². The Morgan fingerprint density at radius 2 is 2.25 bits per heavy atom. The van der Waals surface area contributed by atoms with Crippen molar-refractivity contribution in [2.45, 2.75) is 31.7 Å². The molecule has 1 aliphatic carbocycles. The maximum absolute atomic E-state index is 13.8. The number of nitrogens with one attached hydrogen (secondary N) is 1. The Labute approximate surface area is 101 Å². The smallest absolute Gasteiger partial charge is 0.146 e. The maximum Gasteiger partial charge on any atom is 0.146 e. The molecular weight excluding hydrogens is 225 g/mol. The van der Waals surface area contributed by atoms with E-state index in [2.05, 4.69) is 5.32 Å². The van der Waals surface area contributed by atoms with Crippen LogP contribution in [0.1, 0.15) is 37.3 Å². The van der Waals surface area contributed by atoms with Gasteiger partial charge < -0.3 is 5.32 Å². The molecule has 1 aromatic rings. The van der Waals surface area contributed by atoms with Crippen molar-refractivity contribution in [3.63, 3.8) is 0 Å². The summed E-state index contributed by atoms with van der Waals surface area (Å²) in [6.45, 7) is 0. The Morgan fingerprint density at radius 3 is 2.81 bits per heavy atom. The third-order valence-corrected chi connectivity index (χ3v) is 3.79. The predicted octanol–water partition coefficient (Wildman–Crippen LogP) is 3.93. The largest absolute Gasteiger partial charge is 0.313 e. The van der Waals surface area contributed by atoms with E-state index in [0.717, 1.165) is 12.3 Å². The molecule has 1 aromatic carbocycles. The Hall–Kier alpha value is -0.600. The van der Waals surface area contributed by atoms with Gasteiger partial charge >= 0.3 is 0 Å². The first-order valence-electron chi connectivity index (χ1n) is 5.83. The van der Waals surface area contributed by atoms with Crippen LogP contribution in [-0.4, -0.2) is 7.05 Å². The van der Waals surface area contributed by atoms with Gasteiger partial charge in [0.2, 0.25) is 0 Å². The zero-order chi connectivity index (χ0) is 11.5. The van der Waals surface area contributed by atoms with Gasteiger partial charge in [0.15, 0.2) is 0 Å². The van der Waals surface area contributed by atoms with E-state index < -0.39 is 0 Å². The topological polar surface area (TPSA) is 12.0 Å². The van der Waals surface area contributed by atoms with Crippen molar-refractivity contribution in [3.05, 3.63) is 34.6 Å². The second-order valence-corrected chi connectivity index (χ2v) is 4.92. The second-order valence-electron chi connectivity index (χ2n) is 4.52. The highest BCUT2D eigenvalue weighted by Gasteiger charge is 2.24. The lowest BCUT2D eigenvalue weighted by molar-refractivity contribution is 0.263. The van der Waals surface area contributed by atoms with Gasteiger partial charge in [-0.3, -0.25) is 0 Å². The SMILES string of the molecule is CNC(CC1CCC1)c1cccc(Cl)c1F. The monoisotopic (exact) mass is 241 g/mol. The number of hydrogen-bond acceptors (Lipinski definition) is 1. The molecule has 1 nitrogen and oxygen atoms in total. The average molecular weight is 242 g/mol. The van der Waals surface area contributed by atoms with Crippen LogP contribution in [0.15, 0.2) is 18.2 Å². The Bertz CT molecular complexity index is 363. The van der Waals surface area contributed by atoms with E-state index in [4.69, 9.17) is 11.6 Å². The van der Waals surface area contributed by atoms with Gasteiger partial charge in [-0.05, 0) is 25.5 Å².